The quantitative estimate of drug-likeness (QED) is 0.486. The van der Waals surface area contributed by atoms with Crippen LogP contribution >= 0.6 is 11.6 Å². The number of nitrogens with one attached hydrogen (secondary N) is 1. The van der Waals surface area contributed by atoms with Crippen molar-refractivity contribution in [1.82, 2.24) is 19.9 Å². The highest BCUT2D eigenvalue weighted by atomic mass is 35.5. The first-order chi connectivity index (χ1) is 17.0. The molecule has 2 aromatic carbocycles. The molecule has 1 saturated heterocycles. The van der Waals surface area contributed by atoms with Gasteiger partial charge in [0.2, 0.25) is 17.6 Å². The second kappa shape index (κ2) is 11.5. The van der Waals surface area contributed by atoms with Gasteiger partial charge in [-0.3, -0.25) is 14.5 Å². The number of aromatic nitrogens is 2. The molecule has 0 saturated carbocycles. The molecule has 2 heterocycles. The summed E-state index contributed by atoms with van der Waals surface area (Å²) in [5, 5.41) is 7.68. The third kappa shape index (κ3) is 6.07. The zero-order valence-electron chi connectivity index (χ0n) is 20.0. The number of hydrogen-bond donors (Lipinski definition) is 1. The van der Waals surface area contributed by atoms with Crippen LogP contribution in [-0.4, -0.2) is 57.9 Å². The zero-order chi connectivity index (χ0) is 24.8. The van der Waals surface area contributed by atoms with Crippen LogP contribution in [0.4, 0.5) is 5.69 Å². The van der Waals surface area contributed by atoms with E-state index in [1.54, 1.807) is 29.2 Å². The molecule has 9 heteroatoms. The molecule has 35 heavy (non-hydrogen) atoms. The molecule has 1 aliphatic heterocycles. The molecule has 0 unspecified atom stereocenters. The highest BCUT2D eigenvalue weighted by Gasteiger charge is 2.27. The molecular formula is C26H30ClN5O3. The number of halogens is 1. The van der Waals surface area contributed by atoms with Gasteiger partial charge in [-0.1, -0.05) is 41.0 Å². The lowest BCUT2D eigenvalue weighted by molar-refractivity contribution is -0.121. The predicted octanol–water partition coefficient (Wildman–Crippen LogP) is 4.72. The van der Waals surface area contributed by atoms with Gasteiger partial charge in [-0.25, -0.2) is 0 Å². The summed E-state index contributed by atoms with van der Waals surface area (Å²) in [5.41, 5.74) is 1.90. The highest BCUT2D eigenvalue weighted by Crippen LogP contribution is 2.24. The van der Waals surface area contributed by atoms with Gasteiger partial charge in [0.1, 0.15) is 0 Å². The molecule has 1 aromatic heterocycles. The van der Waals surface area contributed by atoms with E-state index in [4.69, 9.17) is 16.1 Å². The average molecular weight is 496 g/mol. The number of likely N-dealkylation sites (tertiary alicyclic amines) is 1. The molecule has 0 bridgehead atoms. The Kier molecular flexibility index (Phi) is 8.15. The fourth-order valence-corrected chi connectivity index (χ4v) is 4.49. The smallest absolute Gasteiger partial charge is 0.255 e. The number of carbonyl (C=O) groups excluding carboxylic acids is 2. The molecule has 3 aromatic rings. The normalized spacial score (nSPS) is 14.6. The maximum absolute atomic E-state index is 13.0. The van der Waals surface area contributed by atoms with E-state index in [0.29, 0.717) is 60.5 Å². The molecule has 2 amide bonds. The molecule has 0 spiro atoms. The summed E-state index contributed by atoms with van der Waals surface area (Å²) in [6.45, 7) is 7.15. The van der Waals surface area contributed by atoms with Crippen LogP contribution in [-0.2, 0) is 11.3 Å². The fourth-order valence-electron chi connectivity index (χ4n) is 4.30. The number of hydrogen-bond acceptors (Lipinski definition) is 6. The Balaban J connectivity index is 1.32. The monoisotopic (exact) mass is 495 g/mol. The van der Waals surface area contributed by atoms with Crippen LogP contribution in [0.1, 0.15) is 42.9 Å². The fraction of sp³-hybridized carbons (Fsp3) is 0.385. The van der Waals surface area contributed by atoms with E-state index in [1.807, 2.05) is 38.1 Å². The number of para-hydroxylation sites is 1. The molecule has 8 nitrogen and oxygen atoms in total. The number of anilines is 1. The van der Waals surface area contributed by atoms with E-state index < -0.39 is 0 Å². The summed E-state index contributed by atoms with van der Waals surface area (Å²) >= 11 is 6.05. The van der Waals surface area contributed by atoms with E-state index >= 15 is 0 Å². The summed E-state index contributed by atoms with van der Waals surface area (Å²) in [4.78, 5) is 34.3. The van der Waals surface area contributed by atoms with Crippen molar-refractivity contribution in [3.63, 3.8) is 0 Å². The Morgan fingerprint density at radius 3 is 2.57 bits per heavy atom. The van der Waals surface area contributed by atoms with Crippen LogP contribution in [0.25, 0.3) is 11.4 Å². The lowest BCUT2D eigenvalue weighted by atomic mass is 9.95. The number of benzene rings is 2. The maximum Gasteiger partial charge on any atom is 0.255 e. The van der Waals surface area contributed by atoms with Gasteiger partial charge >= 0.3 is 0 Å². The Bertz CT molecular complexity index is 1170. The first-order valence-electron chi connectivity index (χ1n) is 12.0. The standard InChI is InChI=1S/C26H30ClN5O3/c1-3-32(4-2)26(34)21-10-5-6-11-22(21)28-25(33)18-12-14-31(15-13-18)17-23-29-24(30-35-23)19-8-7-9-20(27)16-19/h5-11,16,18H,3-4,12-15,17H2,1-2H3,(H,28,33). The molecular weight excluding hydrogens is 466 g/mol. The average Bonchev–Trinajstić information content (AvgIpc) is 3.34. The topological polar surface area (TPSA) is 91.6 Å². The van der Waals surface area contributed by atoms with Gasteiger partial charge in [-0.2, -0.15) is 4.98 Å². The van der Waals surface area contributed by atoms with Crippen molar-refractivity contribution >= 4 is 29.1 Å². The number of carbonyl (C=O) groups is 2. The van der Waals surface area contributed by atoms with Crippen molar-refractivity contribution in [2.24, 2.45) is 5.92 Å². The van der Waals surface area contributed by atoms with E-state index in [9.17, 15) is 9.59 Å². The Hall–Kier alpha value is -3.23. The molecule has 0 aliphatic carbocycles. The van der Waals surface area contributed by atoms with E-state index in [1.165, 1.54) is 0 Å². The number of amides is 2. The molecule has 0 radical (unpaired) electrons. The van der Waals surface area contributed by atoms with Crippen molar-refractivity contribution in [2.45, 2.75) is 33.2 Å². The lowest BCUT2D eigenvalue weighted by Crippen LogP contribution is -2.38. The summed E-state index contributed by atoms with van der Waals surface area (Å²) in [5.74, 6) is 0.803. The predicted molar refractivity (Wildman–Crippen MR) is 135 cm³/mol. The molecule has 1 N–H and O–H groups in total. The van der Waals surface area contributed by atoms with Crippen molar-refractivity contribution in [3.05, 3.63) is 65.0 Å². The summed E-state index contributed by atoms with van der Waals surface area (Å²) in [6.07, 6.45) is 1.43. The van der Waals surface area contributed by atoms with Gasteiger partial charge in [-0.05, 0) is 64.0 Å². The first-order valence-corrected chi connectivity index (χ1v) is 12.4. The van der Waals surface area contributed by atoms with E-state index in [-0.39, 0.29) is 17.7 Å². The van der Waals surface area contributed by atoms with Crippen LogP contribution in [0.5, 0.6) is 0 Å². The minimum atomic E-state index is -0.118. The number of nitrogens with zero attached hydrogens (tertiary/aromatic N) is 4. The third-order valence-electron chi connectivity index (χ3n) is 6.33. The summed E-state index contributed by atoms with van der Waals surface area (Å²) in [6, 6.07) is 14.5. The minimum Gasteiger partial charge on any atom is -0.339 e. The Morgan fingerprint density at radius 1 is 1.11 bits per heavy atom. The zero-order valence-corrected chi connectivity index (χ0v) is 20.8. The second-order valence-electron chi connectivity index (χ2n) is 8.58. The Morgan fingerprint density at radius 2 is 1.86 bits per heavy atom. The molecule has 184 valence electrons. The van der Waals surface area contributed by atoms with Gasteiger partial charge in [0.05, 0.1) is 17.8 Å². The summed E-state index contributed by atoms with van der Waals surface area (Å²) in [7, 11) is 0. The van der Waals surface area contributed by atoms with Crippen molar-refractivity contribution < 1.29 is 14.1 Å². The Labute approximate surface area is 210 Å². The molecule has 4 rings (SSSR count). The van der Waals surface area contributed by atoms with Crippen molar-refractivity contribution in [3.8, 4) is 11.4 Å². The lowest BCUT2D eigenvalue weighted by Gasteiger charge is -2.30. The first kappa shape index (κ1) is 24.9. The van der Waals surface area contributed by atoms with Gasteiger partial charge in [0.15, 0.2) is 0 Å². The van der Waals surface area contributed by atoms with E-state index in [2.05, 4.69) is 20.4 Å². The number of rotatable bonds is 8. The van der Waals surface area contributed by atoms with Crippen LogP contribution in [0.15, 0.2) is 53.1 Å². The number of piperidine rings is 1. The largest absolute Gasteiger partial charge is 0.339 e. The van der Waals surface area contributed by atoms with Crippen LogP contribution in [0, 0.1) is 5.92 Å². The van der Waals surface area contributed by atoms with Gasteiger partial charge in [0.25, 0.3) is 5.91 Å². The molecule has 1 aliphatic rings. The minimum absolute atomic E-state index is 0.0505. The van der Waals surface area contributed by atoms with E-state index in [0.717, 1.165) is 18.7 Å². The van der Waals surface area contributed by atoms with Gasteiger partial charge in [0, 0.05) is 29.6 Å². The summed E-state index contributed by atoms with van der Waals surface area (Å²) < 4.78 is 5.43. The van der Waals surface area contributed by atoms with Crippen LogP contribution in [0.2, 0.25) is 5.02 Å². The van der Waals surface area contributed by atoms with Gasteiger partial charge < -0.3 is 14.7 Å². The highest BCUT2D eigenvalue weighted by molar-refractivity contribution is 6.30. The molecule has 0 atom stereocenters. The molecule has 1 fully saturated rings. The SMILES string of the molecule is CCN(CC)C(=O)c1ccccc1NC(=O)C1CCN(Cc2nc(-c3cccc(Cl)c3)no2)CC1. The van der Waals surface area contributed by atoms with Crippen molar-refractivity contribution in [1.29, 1.82) is 0 Å². The third-order valence-corrected chi connectivity index (χ3v) is 6.57. The van der Waals surface area contributed by atoms with Crippen molar-refractivity contribution in [2.75, 3.05) is 31.5 Å². The van der Waals surface area contributed by atoms with Crippen LogP contribution in [0.3, 0.4) is 0 Å². The second-order valence-corrected chi connectivity index (χ2v) is 9.02. The maximum atomic E-state index is 13.0. The van der Waals surface area contributed by atoms with Crippen LogP contribution < -0.4 is 5.32 Å². The van der Waals surface area contributed by atoms with Gasteiger partial charge in [-0.15, -0.1) is 0 Å².